The van der Waals surface area contributed by atoms with Gasteiger partial charge >= 0.3 is 6.09 Å². The molecule has 0 aromatic rings. The molecule has 0 aromatic heterocycles. The van der Waals surface area contributed by atoms with E-state index in [0.717, 1.165) is 19.3 Å². The number of carbonyl (C=O) groups excluding carboxylic acids is 2. The molecule has 4 nitrogen and oxygen atoms in total. The minimum atomic E-state index is -0.511. The number of nitrogens with one attached hydrogen (secondary N) is 1. The van der Waals surface area contributed by atoms with Crippen LogP contribution >= 0.6 is 0 Å². The van der Waals surface area contributed by atoms with Gasteiger partial charge in [0.1, 0.15) is 12.4 Å². The van der Waals surface area contributed by atoms with Crippen LogP contribution in [0.1, 0.15) is 46.5 Å². The summed E-state index contributed by atoms with van der Waals surface area (Å²) < 4.78 is 5.18. The SMILES string of the molecule is CCCNC(=O)OCC1(C(C)=O)CC=C(C)CC1. The van der Waals surface area contributed by atoms with Gasteiger partial charge in [-0.25, -0.2) is 4.79 Å². The summed E-state index contributed by atoms with van der Waals surface area (Å²) in [7, 11) is 0. The monoisotopic (exact) mass is 253 g/mol. The number of hydrogen-bond donors (Lipinski definition) is 1. The van der Waals surface area contributed by atoms with E-state index in [0.29, 0.717) is 13.0 Å². The molecule has 0 saturated heterocycles. The number of Topliss-reactive ketones (excluding diaryl/α,β-unsaturated/α-hetero) is 1. The molecule has 0 spiro atoms. The fourth-order valence-corrected chi connectivity index (χ4v) is 2.04. The zero-order chi connectivity index (χ0) is 13.6. The van der Waals surface area contributed by atoms with Crippen molar-refractivity contribution < 1.29 is 14.3 Å². The number of carbonyl (C=O) groups is 2. The lowest BCUT2D eigenvalue weighted by atomic mass is 9.73. The normalized spacial score (nSPS) is 23.2. The third kappa shape index (κ3) is 3.86. The van der Waals surface area contributed by atoms with Gasteiger partial charge in [0.2, 0.25) is 0 Å². The first kappa shape index (κ1) is 14.7. The van der Waals surface area contributed by atoms with Gasteiger partial charge in [-0.05, 0) is 39.5 Å². The van der Waals surface area contributed by atoms with Crippen LogP contribution in [0.4, 0.5) is 4.79 Å². The molecule has 1 unspecified atom stereocenters. The second kappa shape index (κ2) is 6.57. The van der Waals surface area contributed by atoms with Crippen LogP contribution < -0.4 is 5.32 Å². The minimum absolute atomic E-state index is 0.106. The van der Waals surface area contributed by atoms with Gasteiger partial charge in [-0.2, -0.15) is 0 Å². The third-order valence-electron chi connectivity index (χ3n) is 3.58. The Labute approximate surface area is 109 Å². The Morgan fingerprint density at radius 1 is 1.50 bits per heavy atom. The first-order chi connectivity index (χ1) is 8.50. The topological polar surface area (TPSA) is 55.4 Å². The van der Waals surface area contributed by atoms with Crippen molar-refractivity contribution in [2.45, 2.75) is 46.5 Å². The maximum atomic E-state index is 11.8. The average molecular weight is 253 g/mol. The molecular formula is C14H23NO3. The fraction of sp³-hybridized carbons (Fsp3) is 0.714. The minimum Gasteiger partial charge on any atom is -0.448 e. The maximum absolute atomic E-state index is 11.8. The Morgan fingerprint density at radius 3 is 2.72 bits per heavy atom. The zero-order valence-corrected chi connectivity index (χ0v) is 11.5. The number of hydrogen-bond acceptors (Lipinski definition) is 3. The van der Waals surface area contributed by atoms with Crippen molar-refractivity contribution in [3.63, 3.8) is 0 Å². The highest BCUT2D eigenvalue weighted by Crippen LogP contribution is 2.36. The highest BCUT2D eigenvalue weighted by atomic mass is 16.5. The van der Waals surface area contributed by atoms with Crippen molar-refractivity contribution >= 4 is 11.9 Å². The number of alkyl carbamates (subject to hydrolysis) is 1. The van der Waals surface area contributed by atoms with Crippen molar-refractivity contribution in [1.82, 2.24) is 5.32 Å². The summed E-state index contributed by atoms with van der Waals surface area (Å²) in [5.74, 6) is 0.106. The van der Waals surface area contributed by atoms with Crippen LogP contribution in [0.25, 0.3) is 0 Å². The first-order valence-electron chi connectivity index (χ1n) is 6.57. The van der Waals surface area contributed by atoms with Gasteiger partial charge in [0.15, 0.2) is 0 Å². The van der Waals surface area contributed by atoms with E-state index in [1.165, 1.54) is 5.57 Å². The van der Waals surface area contributed by atoms with Crippen molar-refractivity contribution in [1.29, 1.82) is 0 Å². The molecule has 0 radical (unpaired) electrons. The number of rotatable bonds is 5. The van der Waals surface area contributed by atoms with Crippen LogP contribution in [0.2, 0.25) is 0 Å². The van der Waals surface area contributed by atoms with Crippen LogP contribution in [0.5, 0.6) is 0 Å². The number of allylic oxidation sites excluding steroid dienone is 2. The molecule has 1 rings (SSSR count). The molecule has 1 atom stereocenters. The molecule has 18 heavy (non-hydrogen) atoms. The van der Waals surface area contributed by atoms with E-state index in [2.05, 4.69) is 18.3 Å². The van der Waals surface area contributed by atoms with Gasteiger partial charge in [0.05, 0.1) is 5.41 Å². The van der Waals surface area contributed by atoms with E-state index in [-0.39, 0.29) is 12.4 Å². The lowest BCUT2D eigenvalue weighted by Crippen LogP contribution is -2.38. The van der Waals surface area contributed by atoms with Crippen molar-refractivity contribution in [2.24, 2.45) is 5.41 Å². The van der Waals surface area contributed by atoms with Crippen LogP contribution in [0.15, 0.2) is 11.6 Å². The van der Waals surface area contributed by atoms with E-state index in [1.54, 1.807) is 6.92 Å². The molecule has 1 N–H and O–H groups in total. The van der Waals surface area contributed by atoms with E-state index in [1.807, 2.05) is 6.92 Å². The predicted molar refractivity (Wildman–Crippen MR) is 70.4 cm³/mol. The van der Waals surface area contributed by atoms with Crippen LogP contribution in [0, 0.1) is 5.41 Å². The molecule has 0 saturated carbocycles. The molecule has 1 aliphatic rings. The molecule has 0 aliphatic heterocycles. The first-order valence-corrected chi connectivity index (χ1v) is 6.57. The second-order valence-corrected chi connectivity index (χ2v) is 5.09. The predicted octanol–water partition coefficient (Wildman–Crippen LogP) is 2.83. The van der Waals surface area contributed by atoms with Crippen LogP contribution in [-0.4, -0.2) is 25.0 Å². The number of amides is 1. The van der Waals surface area contributed by atoms with Gasteiger partial charge in [0.25, 0.3) is 0 Å². The van der Waals surface area contributed by atoms with E-state index < -0.39 is 11.5 Å². The van der Waals surface area contributed by atoms with Crippen LogP contribution in [-0.2, 0) is 9.53 Å². The molecule has 0 aromatic carbocycles. The lowest BCUT2D eigenvalue weighted by molar-refractivity contribution is -0.129. The molecule has 0 heterocycles. The second-order valence-electron chi connectivity index (χ2n) is 5.09. The van der Waals surface area contributed by atoms with E-state index >= 15 is 0 Å². The van der Waals surface area contributed by atoms with Gasteiger partial charge in [-0.1, -0.05) is 18.6 Å². The van der Waals surface area contributed by atoms with E-state index in [4.69, 9.17) is 4.74 Å². The van der Waals surface area contributed by atoms with Gasteiger partial charge in [-0.3, -0.25) is 4.79 Å². The Kier molecular flexibility index (Phi) is 5.38. The molecule has 1 aliphatic carbocycles. The van der Waals surface area contributed by atoms with E-state index in [9.17, 15) is 9.59 Å². The molecule has 1 amide bonds. The standard InChI is InChI=1S/C14H23NO3/c1-4-9-15-13(17)18-10-14(12(3)16)7-5-11(2)6-8-14/h5H,4,6-10H2,1-3H3,(H,15,17). The summed E-state index contributed by atoms with van der Waals surface area (Å²) in [5, 5.41) is 2.65. The Morgan fingerprint density at radius 2 is 2.22 bits per heavy atom. The van der Waals surface area contributed by atoms with Gasteiger partial charge in [-0.15, -0.1) is 0 Å². The Bertz CT molecular complexity index is 349. The van der Waals surface area contributed by atoms with Crippen molar-refractivity contribution in [3.05, 3.63) is 11.6 Å². The summed E-state index contributed by atoms with van der Waals surface area (Å²) in [6.07, 6.45) is 4.87. The molecule has 0 fully saturated rings. The summed E-state index contributed by atoms with van der Waals surface area (Å²) >= 11 is 0. The average Bonchev–Trinajstić information content (AvgIpc) is 2.35. The van der Waals surface area contributed by atoms with Gasteiger partial charge in [0, 0.05) is 6.54 Å². The largest absolute Gasteiger partial charge is 0.448 e. The Balaban J connectivity index is 2.54. The number of ketones is 1. The summed E-state index contributed by atoms with van der Waals surface area (Å²) in [4.78, 5) is 23.2. The summed E-state index contributed by atoms with van der Waals surface area (Å²) in [5.41, 5.74) is 0.797. The fourth-order valence-electron chi connectivity index (χ4n) is 2.04. The third-order valence-corrected chi connectivity index (χ3v) is 3.58. The highest BCUT2D eigenvalue weighted by molar-refractivity contribution is 5.83. The zero-order valence-electron chi connectivity index (χ0n) is 11.5. The molecular weight excluding hydrogens is 230 g/mol. The smallest absolute Gasteiger partial charge is 0.407 e. The van der Waals surface area contributed by atoms with Crippen molar-refractivity contribution in [2.75, 3.05) is 13.2 Å². The van der Waals surface area contributed by atoms with Gasteiger partial charge < -0.3 is 10.1 Å². The summed E-state index contributed by atoms with van der Waals surface area (Å²) in [6, 6.07) is 0. The van der Waals surface area contributed by atoms with Crippen LogP contribution in [0.3, 0.4) is 0 Å². The highest BCUT2D eigenvalue weighted by Gasteiger charge is 2.37. The lowest BCUT2D eigenvalue weighted by Gasteiger charge is -2.33. The molecule has 102 valence electrons. The van der Waals surface area contributed by atoms with Crippen molar-refractivity contribution in [3.8, 4) is 0 Å². The molecule has 0 bridgehead atoms. The number of ether oxygens (including phenoxy) is 1. The summed E-state index contributed by atoms with van der Waals surface area (Å²) in [6.45, 7) is 6.42. The Hall–Kier alpha value is -1.32. The molecule has 4 heteroatoms. The maximum Gasteiger partial charge on any atom is 0.407 e. The quantitative estimate of drug-likeness (QED) is 0.766.